The number of phosphoric ester groups is 2. The van der Waals surface area contributed by atoms with E-state index in [0.717, 1.165) is 128 Å². The molecule has 0 aromatic carbocycles. The van der Waals surface area contributed by atoms with Crippen LogP contribution in [0, 0.1) is 0 Å². The number of rotatable bonds is 73. The van der Waals surface area contributed by atoms with Gasteiger partial charge in [0.15, 0.2) is 12.2 Å². The summed E-state index contributed by atoms with van der Waals surface area (Å²) in [6, 6.07) is 0. The standard InChI is InChI=1S/C79H140O17P2/c1-5-9-13-17-21-25-29-33-35-36-38-42-46-50-54-58-62-66-79(84)96-75(70-90-77(82)64-60-56-52-48-44-41-37-34-30-26-22-18-14-10-6-2)72-94-98(87,88)92-68-73(80)67-91-97(85,86)93-71-74(95-78(83)65-61-57-53-49-45-40-32-28-24-20-16-12-8-4)69-89-76(81)63-59-55-51-47-43-39-31-27-23-19-15-11-7-3/h21,25-27,30-31,33-35,37-38,42,50,54,73-75,80H,5-20,22-24,28-29,32,36,39-41,43-49,51-53,55-72H2,1-4H3,(H,85,86)(H,87,88)/b25-21-,30-26-,31-27-,35-33-,37-34-,42-38-,54-50-/t73-,74+,75+/m0/s1. The summed E-state index contributed by atoms with van der Waals surface area (Å²) in [7, 11) is -9.96. The van der Waals surface area contributed by atoms with E-state index in [0.29, 0.717) is 32.1 Å². The lowest BCUT2D eigenvalue weighted by Crippen LogP contribution is -2.30. The van der Waals surface area contributed by atoms with Crippen molar-refractivity contribution < 1.29 is 80.2 Å². The van der Waals surface area contributed by atoms with Gasteiger partial charge in [-0.3, -0.25) is 37.3 Å². The molecule has 0 saturated heterocycles. The van der Waals surface area contributed by atoms with Crippen LogP contribution in [-0.4, -0.2) is 96.7 Å². The van der Waals surface area contributed by atoms with Crippen LogP contribution in [0.3, 0.4) is 0 Å². The van der Waals surface area contributed by atoms with Gasteiger partial charge < -0.3 is 33.8 Å². The van der Waals surface area contributed by atoms with Crippen LogP contribution < -0.4 is 0 Å². The minimum Gasteiger partial charge on any atom is -0.462 e. The first kappa shape index (κ1) is 94.2. The smallest absolute Gasteiger partial charge is 0.462 e. The van der Waals surface area contributed by atoms with Crippen molar-refractivity contribution >= 4 is 39.5 Å². The zero-order chi connectivity index (χ0) is 71.8. The predicted octanol–water partition coefficient (Wildman–Crippen LogP) is 22.2. The number of carbonyl (C=O) groups is 4. The Morgan fingerprint density at radius 2 is 0.541 bits per heavy atom. The highest BCUT2D eigenvalue weighted by molar-refractivity contribution is 7.47. The molecule has 0 aromatic heterocycles. The Bertz CT molecular complexity index is 2190. The van der Waals surface area contributed by atoms with Crippen molar-refractivity contribution in [2.45, 2.75) is 354 Å². The molecule has 568 valence electrons. The number of allylic oxidation sites excluding steroid dienone is 14. The van der Waals surface area contributed by atoms with E-state index in [9.17, 15) is 43.2 Å². The van der Waals surface area contributed by atoms with Gasteiger partial charge in [-0.25, -0.2) is 9.13 Å². The van der Waals surface area contributed by atoms with E-state index in [4.69, 9.17) is 37.0 Å². The van der Waals surface area contributed by atoms with Gasteiger partial charge >= 0.3 is 39.5 Å². The van der Waals surface area contributed by atoms with Crippen LogP contribution in [0.5, 0.6) is 0 Å². The molecular formula is C79H140O17P2. The van der Waals surface area contributed by atoms with E-state index in [1.165, 1.54) is 122 Å². The second-order valence-electron chi connectivity index (χ2n) is 26.0. The van der Waals surface area contributed by atoms with Crippen LogP contribution in [0.15, 0.2) is 85.1 Å². The van der Waals surface area contributed by atoms with Crippen LogP contribution >= 0.6 is 15.6 Å². The molecule has 98 heavy (non-hydrogen) atoms. The second kappa shape index (κ2) is 71.6. The number of unbranched alkanes of at least 4 members (excludes halogenated alkanes) is 34. The van der Waals surface area contributed by atoms with Crippen LogP contribution in [0.4, 0.5) is 0 Å². The highest BCUT2D eigenvalue weighted by Crippen LogP contribution is 2.45. The normalized spacial score (nSPS) is 14.4. The monoisotopic (exact) mass is 1420 g/mol. The van der Waals surface area contributed by atoms with Crippen molar-refractivity contribution in [3.05, 3.63) is 85.1 Å². The number of aliphatic hydroxyl groups is 1. The fraction of sp³-hybridized carbons (Fsp3) is 0.772. The number of phosphoric acid groups is 2. The first-order valence-corrected chi connectivity index (χ1v) is 41.8. The molecule has 0 aromatic rings. The molecule has 0 bridgehead atoms. The van der Waals surface area contributed by atoms with Gasteiger partial charge in [-0.15, -0.1) is 0 Å². The van der Waals surface area contributed by atoms with Gasteiger partial charge in [0.1, 0.15) is 19.3 Å². The van der Waals surface area contributed by atoms with Crippen molar-refractivity contribution in [1.29, 1.82) is 0 Å². The number of hydrogen-bond acceptors (Lipinski definition) is 15. The van der Waals surface area contributed by atoms with Crippen molar-refractivity contribution in [3.63, 3.8) is 0 Å². The van der Waals surface area contributed by atoms with Gasteiger partial charge in [0.2, 0.25) is 0 Å². The molecule has 0 heterocycles. The number of carbonyl (C=O) groups excluding carboxylic acids is 4. The third-order valence-corrected chi connectivity index (χ3v) is 18.3. The average molecular weight is 1420 g/mol. The largest absolute Gasteiger partial charge is 0.472 e. The Hall–Kier alpha value is -3.76. The average Bonchev–Trinajstić information content (AvgIpc) is 1.02. The van der Waals surface area contributed by atoms with Crippen molar-refractivity contribution in [1.82, 2.24) is 0 Å². The van der Waals surface area contributed by atoms with Gasteiger partial charge in [-0.1, -0.05) is 280 Å². The highest BCUT2D eigenvalue weighted by atomic mass is 31.2. The van der Waals surface area contributed by atoms with Gasteiger partial charge in [-0.2, -0.15) is 0 Å². The first-order chi connectivity index (χ1) is 47.7. The minimum absolute atomic E-state index is 0.0169. The highest BCUT2D eigenvalue weighted by Gasteiger charge is 2.30. The third-order valence-electron chi connectivity index (χ3n) is 16.4. The SMILES string of the molecule is CCCCC/C=C\C/C=C\C/C=C\C/C=C\CCCC(=O)O[C@H](COC(=O)CCCCCCC/C=C\C=C/CCCCCC)COP(=O)(O)OC[C@@H](O)COP(=O)(O)OC[C@@H](COC(=O)CCCCCCC/C=C\CCCCCC)OC(=O)CCCCCCCCCCCCCCC. The molecule has 0 fully saturated rings. The number of ether oxygens (including phenoxy) is 4. The van der Waals surface area contributed by atoms with Gasteiger partial charge in [0.05, 0.1) is 26.4 Å². The Morgan fingerprint density at radius 3 is 0.908 bits per heavy atom. The maximum absolute atomic E-state index is 13.1. The Balaban J connectivity index is 5.40. The maximum Gasteiger partial charge on any atom is 0.472 e. The predicted molar refractivity (Wildman–Crippen MR) is 399 cm³/mol. The molecule has 0 saturated carbocycles. The Kier molecular flexibility index (Phi) is 68.9. The van der Waals surface area contributed by atoms with Gasteiger partial charge in [0.25, 0.3) is 0 Å². The Labute approximate surface area is 595 Å². The summed E-state index contributed by atoms with van der Waals surface area (Å²) < 4.78 is 68.4. The van der Waals surface area contributed by atoms with Crippen molar-refractivity contribution in [2.75, 3.05) is 39.6 Å². The van der Waals surface area contributed by atoms with Gasteiger partial charge in [-0.05, 0) is 116 Å². The topological polar surface area (TPSA) is 237 Å². The minimum atomic E-state index is -4.99. The summed E-state index contributed by atoms with van der Waals surface area (Å²) in [5, 5.41) is 10.6. The summed E-state index contributed by atoms with van der Waals surface area (Å²) in [5.41, 5.74) is 0. The van der Waals surface area contributed by atoms with Crippen LogP contribution in [0.25, 0.3) is 0 Å². The fourth-order valence-electron chi connectivity index (χ4n) is 10.4. The molecule has 0 aliphatic rings. The van der Waals surface area contributed by atoms with Crippen LogP contribution in [0.2, 0.25) is 0 Å². The molecule has 0 aliphatic heterocycles. The lowest BCUT2D eigenvalue weighted by atomic mass is 10.0. The summed E-state index contributed by atoms with van der Waals surface area (Å²) in [5.74, 6) is -2.25. The van der Waals surface area contributed by atoms with E-state index in [2.05, 4.69) is 101 Å². The van der Waals surface area contributed by atoms with Crippen LogP contribution in [0.1, 0.15) is 336 Å². The lowest BCUT2D eigenvalue weighted by molar-refractivity contribution is -0.161. The molecular weight excluding hydrogens is 1280 g/mol. The third kappa shape index (κ3) is 70.7. The summed E-state index contributed by atoms with van der Waals surface area (Å²) in [6.45, 7) is 4.75. The summed E-state index contributed by atoms with van der Waals surface area (Å²) in [4.78, 5) is 72.8. The van der Waals surface area contributed by atoms with E-state index < -0.39 is 97.5 Å². The lowest BCUT2D eigenvalue weighted by Gasteiger charge is -2.21. The molecule has 2 unspecified atom stereocenters. The molecule has 3 N–H and O–H groups in total. The molecule has 0 radical (unpaired) electrons. The fourth-order valence-corrected chi connectivity index (χ4v) is 12.0. The zero-order valence-corrected chi connectivity index (χ0v) is 63.7. The quantitative estimate of drug-likeness (QED) is 0.0128. The number of aliphatic hydroxyl groups excluding tert-OH is 1. The molecule has 19 heteroatoms. The summed E-state index contributed by atoms with van der Waals surface area (Å²) >= 11 is 0. The first-order valence-electron chi connectivity index (χ1n) is 38.8. The maximum atomic E-state index is 13.1. The van der Waals surface area contributed by atoms with E-state index in [1.54, 1.807) is 0 Å². The molecule has 0 amide bonds. The molecule has 0 spiro atoms. The van der Waals surface area contributed by atoms with Gasteiger partial charge in [0, 0.05) is 25.7 Å². The van der Waals surface area contributed by atoms with E-state index in [1.807, 2.05) is 12.2 Å². The number of esters is 4. The van der Waals surface area contributed by atoms with Crippen LogP contribution in [-0.2, 0) is 65.4 Å². The van der Waals surface area contributed by atoms with E-state index in [-0.39, 0.29) is 25.7 Å². The van der Waals surface area contributed by atoms with E-state index >= 15 is 0 Å². The molecule has 17 nitrogen and oxygen atoms in total. The second-order valence-corrected chi connectivity index (χ2v) is 28.9. The van der Waals surface area contributed by atoms with Crippen molar-refractivity contribution in [3.8, 4) is 0 Å². The van der Waals surface area contributed by atoms with Crippen molar-refractivity contribution in [2.24, 2.45) is 0 Å². The summed E-state index contributed by atoms with van der Waals surface area (Å²) in [6.07, 6.45) is 72.9. The Morgan fingerprint density at radius 1 is 0.296 bits per heavy atom. The molecule has 5 atom stereocenters. The molecule has 0 aliphatic carbocycles. The number of hydrogen-bond donors (Lipinski definition) is 3. The zero-order valence-electron chi connectivity index (χ0n) is 62.0. The molecule has 0 rings (SSSR count).